The van der Waals surface area contributed by atoms with E-state index in [9.17, 15) is 0 Å². The number of rotatable bonds is 7. The van der Waals surface area contributed by atoms with E-state index in [0.717, 1.165) is 0 Å². The molecule has 22 heavy (non-hydrogen) atoms. The standard InChI is InChI=1S/C20H26Si2/c1-5-21(3,19-13-9-7-10-14-19)17-18-22(4,6-2)20-15-11-8-12-16-20/h5-16H,1-2,17-18H2,3-4H3. The van der Waals surface area contributed by atoms with Crippen molar-refractivity contribution in [2.24, 2.45) is 0 Å². The summed E-state index contributed by atoms with van der Waals surface area (Å²) in [5.74, 6) is 0. The van der Waals surface area contributed by atoms with Gasteiger partial charge >= 0.3 is 0 Å². The Morgan fingerprint density at radius 2 is 1.00 bits per heavy atom. The Morgan fingerprint density at radius 3 is 1.27 bits per heavy atom. The van der Waals surface area contributed by atoms with E-state index >= 15 is 0 Å². The van der Waals surface area contributed by atoms with Crippen LogP contribution in [0.5, 0.6) is 0 Å². The fourth-order valence-electron chi connectivity index (χ4n) is 2.89. The van der Waals surface area contributed by atoms with Crippen molar-refractivity contribution in [3.63, 3.8) is 0 Å². The predicted molar refractivity (Wildman–Crippen MR) is 105 cm³/mol. The second-order valence-electron chi connectivity index (χ2n) is 6.48. The molecule has 0 aliphatic rings. The van der Waals surface area contributed by atoms with Crippen molar-refractivity contribution in [2.45, 2.75) is 25.2 Å². The van der Waals surface area contributed by atoms with Crippen molar-refractivity contribution in [3.05, 3.63) is 85.2 Å². The number of hydrogen-bond donors (Lipinski definition) is 0. The van der Waals surface area contributed by atoms with Crippen molar-refractivity contribution < 1.29 is 0 Å². The molecule has 0 fully saturated rings. The van der Waals surface area contributed by atoms with E-state index in [1.54, 1.807) is 0 Å². The summed E-state index contributed by atoms with van der Waals surface area (Å²) in [5, 5.41) is 2.97. The van der Waals surface area contributed by atoms with Crippen molar-refractivity contribution in [1.29, 1.82) is 0 Å². The first-order valence-corrected chi connectivity index (χ1v) is 13.5. The summed E-state index contributed by atoms with van der Waals surface area (Å²) in [6.45, 7) is 13.2. The predicted octanol–water partition coefficient (Wildman–Crippen LogP) is 4.41. The maximum absolute atomic E-state index is 4.16. The molecular weight excluding hydrogens is 296 g/mol. The second kappa shape index (κ2) is 7.08. The van der Waals surface area contributed by atoms with E-state index in [1.165, 1.54) is 22.5 Å². The molecule has 0 nitrogen and oxygen atoms in total. The highest BCUT2D eigenvalue weighted by Crippen LogP contribution is 2.22. The van der Waals surface area contributed by atoms with Crippen LogP contribution >= 0.6 is 0 Å². The molecule has 2 heteroatoms. The topological polar surface area (TPSA) is 0 Å². The van der Waals surface area contributed by atoms with Crippen molar-refractivity contribution in [2.75, 3.05) is 0 Å². The maximum Gasteiger partial charge on any atom is 0.106 e. The monoisotopic (exact) mass is 322 g/mol. The number of hydrogen-bond acceptors (Lipinski definition) is 0. The molecule has 0 aliphatic heterocycles. The van der Waals surface area contributed by atoms with Crippen LogP contribution in [0.4, 0.5) is 0 Å². The van der Waals surface area contributed by atoms with Gasteiger partial charge in [-0.05, 0) is 0 Å². The molecule has 2 atom stereocenters. The maximum atomic E-state index is 4.16. The SMILES string of the molecule is C=C[Si](C)(CC[Si](C)(C=C)c1ccccc1)c1ccccc1. The van der Waals surface area contributed by atoms with Crippen LogP contribution in [0.2, 0.25) is 25.2 Å². The Hall–Kier alpha value is -1.65. The Bertz CT molecular complexity index is 563. The van der Waals surface area contributed by atoms with Crippen molar-refractivity contribution >= 4 is 26.5 Å². The lowest BCUT2D eigenvalue weighted by Crippen LogP contribution is -2.48. The van der Waals surface area contributed by atoms with Gasteiger partial charge in [0.2, 0.25) is 0 Å². The first-order chi connectivity index (χ1) is 10.5. The van der Waals surface area contributed by atoms with Crippen molar-refractivity contribution in [1.82, 2.24) is 0 Å². The first kappa shape index (κ1) is 16.7. The van der Waals surface area contributed by atoms with Gasteiger partial charge in [0.05, 0.1) is 0 Å². The minimum absolute atomic E-state index is 1.24. The Balaban J connectivity index is 2.22. The van der Waals surface area contributed by atoms with Gasteiger partial charge in [0, 0.05) is 0 Å². The summed E-state index contributed by atoms with van der Waals surface area (Å²) in [6.07, 6.45) is 0. The molecule has 0 spiro atoms. The average molecular weight is 323 g/mol. The van der Waals surface area contributed by atoms with Crippen molar-refractivity contribution in [3.8, 4) is 0 Å². The Labute approximate surface area is 137 Å². The minimum atomic E-state index is -1.61. The van der Waals surface area contributed by atoms with Crippen LogP contribution in [0.1, 0.15) is 0 Å². The zero-order chi connectivity index (χ0) is 16.1. The molecule has 2 rings (SSSR count). The molecule has 0 bridgehead atoms. The van der Waals surface area contributed by atoms with Gasteiger partial charge in [-0.3, -0.25) is 0 Å². The molecule has 2 aromatic carbocycles. The van der Waals surface area contributed by atoms with Gasteiger partial charge in [-0.1, -0.05) is 108 Å². The largest absolute Gasteiger partial charge is 0.107 e. The fourth-order valence-corrected chi connectivity index (χ4v) is 10.4. The molecule has 0 aliphatic carbocycles. The highest BCUT2D eigenvalue weighted by molar-refractivity contribution is 6.99. The van der Waals surface area contributed by atoms with Gasteiger partial charge in [0.25, 0.3) is 0 Å². The summed E-state index contributed by atoms with van der Waals surface area (Å²) >= 11 is 0. The van der Waals surface area contributed by atoms with Crippen LogP contribution < -0.4 is 10.4 Å². The molecular formula is C20H26Si2. The Kier molecular flexibility index (Phi) is 5.38. The molecule has 0 N–H and O–H groups in total. The smallest absolute Gasteiger partial charge is 0.106 e. The second-order valence-corrected chi connectivity index (χ2v) is 15.1. The molecule has 0 amide bonds. The summed E-state index contributed by atoms with van der Waals surface area (Å²) < 4.78 is 0. The van der Waals surface area contributed by atoms with E-state index in [2.05, 4.69) is 98.3 Å². The molecule has 0 saturated heterocycles. The lowest BCUT2D eigenvalue weighted by atomic mass is 10.4. The summed E-state index contributed by atoms with van der Waals surface area (Å²) in [6, 6.07) is 24.3. The lowest BCUT2D eigenvalue weighted by molar-refractivity contribution is 1.32. The molecule has 0 radical (unpaired) electrons. The van der Waals surface area contributed by atoms with E-state index in [0.29, 0.717) is 0 Å². The highest BCUT2D eigenvalue weighted by Gasteiger charge is 2.32. The quantitative estimate of drug-likeness (QED) is 0.662. The zero-order valence-corrected chi connectivity index (χ0v) is 15.8. The molecule has 0 aromatic heterocycles. The summed E-state index contributed by atoms with van der Waals surface area (Å²) in [7, 11) is -3.22. The van der Waals surface area contributed by atoms with Gasteiger partial charge < -0.3 is 0 Å². The van der Waals surface area contributed by atoms with Gasteiger partial charge in [-0.2, -0.15) is 0 Å². The highest BCUT2D eigenvalue weighted by atomic mass is 28.3. The molecule has 2 aromatic rings. The Morgan fingerprint density at radius 1 is 0.682 bits per heavy atom. The normalized spacial score (nSPS) is 16.3. The van der Waals surface area contributed by atoms with Gasteiger partial charge in [-0.15, -0.1) is 13.2 Å². The van der Waals surface area contributed by atoms with Crippen LogP contribution in [0, 0.1) is 0 Å². The zero-order valence-electron chi connectivity index (χ0n) is 13.8. The summed E-state index contributed by atoms with van der Waals surface area (Å²) in [4.78, 5) is 0. The third-order valence-corrected chi connectivity index (χ3v) is 13.1. The van der Waals surface area contributed by atoms with Crippen LogP contribution in [0.3, 0.4) is 0 Å². The van der Waals surface area contributed by atoms with Gasteiger partial charge in [0.1, 0.15) is 16.1 Å². The molecule has 0 heterocycles. The van der Waals surface area contributed by atoms with Gasteiger partial charge in [0.15, 0.2) is 0 Å². The molecule has 0 saturated carbocycles. The van der Waals surface area contributed by atoms with Crippen LogP contribution in [0.15, 0.2) is 85.2 Å². The average Bonchev–Trinajstić information content (AvgIpc) is 2.61. The van der Waals surface area contributed by atoms with E-state index < -0.39 is 16.1 Å². The van der Waals surface area contributed by atoms with E-state index in [1.807, 2.05) is 0 Å². The molecule has 2 unspecified atom stereocenters. The molecule has 114 valence electrons. The number of benzene rings is 2. The van der Waals surface area contributed by atoms with Gasteiger partial charge in [-0.25, -0.2) is 0 Å². The van der Waals surface area contributed by atoms with E-state index in [4.69, 9.17) is 0 Å². The summed E-state index contributed by atoms with van der Waals surface area (Å²) in [5.41, 5.74) is 4.48. The van der Waals surface area contributed by atoms with Crippen LogP contribution in [0.25, 0.3) is 0 Å². The minimum Gasteiger partial charge on any atom is -0.107 e. The lowest BCUT2D eigenvalue weighted by Gasteiger charge is -2.30. The fraction of sp³-hybridized carbons (Fsp3) is 0.200. The van der Waals surface area contributed by atoms with Crippen LogP contribution in [-0.2, 0) is 0 Å². The first-order valence-electron chi connectivity index (χ1n) is 7.92. The third kappa shape index (κ3) is 3.57. The van der Waals surface area contributed by atoms with E-state index in [-0.39, 0.29) is 0 Å². The third-order valence-electron chi connectivity index (χ3n) is 4.93. The van der Waals surface area contributed by atoms with Crippen LogP contribution in [-0.4, -0.2) is 16.1 Å².